The highest BCUT2D eigenvalue weighted by molar-refractivity contribution is 6.28. The predicted octanol–water partition coefficient (Wildman–Crippen LogP) is 2.90. The molecule has 1 N–H and O–H groups in total. The van der Waals surface area contributed by atoms with Crippen molar-refractivity contribution in [3.8, 4) is 0 Å². The monoisotopic (exact) mass is 291 g/mol. The standard InChI is InChI=1S/C14H18ClN5/c1-4-16-13-17-12(15)18-14(19-13)20(3)9-11-8-6-5-7-10(11)2/h5-8H,4,9H2,1-3H3,(H,16,17,18,19). The summed E-state index contributed by atoms with van der Waals surface area (Å²) >= 11 is 5.94. The molecule has 0 amide bonds. The third-order valence-electron chi connectivity index (χ3n) is 2.94. The lowest BCUT2D eigenvalue weighted by Crippen LogP contribution is -2.21. The van der Waals surface area contributed by atoms with E-state index in [1.54, 1.807) is 0 Å². The topological polar surface area (TPSA) is 53.9 Å². The van der Waals surface area contributed by atoms with Crippen molar-refractivity contribution in [2.75, 3.05) is 23.8 Å². The lowest BCUT2D eigenvalue weighted by Gasteiger charge is -2.18. The zero-order valence-electron chi connectivity index (χ0n) is 11.9. The molecule has 6 heteroatoms. The van der Waals surface area contributed by atoms with E-state index >= 15 is 0 Å². The Hall–Kier alpha value is -1.88. The van der Waals surface area contributed by atoms with Gasteiger partial charge in [0.05, 0.1) is 0 Å². The van der Waals surface area contributed by atoms with E-state index in [0.717, 1.165) is 13.1 Å². The minimum Gasteiger partial charge on any atom is -0.354 e. The summed E-state index contributed by atoms with van der Waals surface area (Å²) in [6.45, 7) is 5.53. The van der Waals surface area contributed by atoms with Gasteiger partial charge in [-0.15, -0.1) is 0 Å². The van der Waals surface area contributed by atoms with Crippen LogP contribution in [0.1, 0.15) is 18.1 Å². The van der Waals surface area contributed by atoms with Crippen LogP contribution in [0.2, 0.25) is 5.28 Å². The van der Waals surface area contributed by atoms with E-state index in [-0.39, 0.29) is 5.28 Å². The first-order valence-electron chi connectivity index (χ1n) is 6.51. The van der Waals surface area contributed by atoms with Gasteiger partial charge in [-0.05, 0) is 36.6 Å². The molecule has 20 heavy (non-hydrogen) atoms. The first-order valence-corrected chi connectivity index (χ1v) is 6.89. The molecule has 0 saturated heterocycles. The van der Waals surface area contributed by atoms with Gasteiger partial charge in [-0.1, -0.05) is 24.3 Å². The van der Waals surface area contributed by atoms with Crippen molar-refractivity contribution in [1.29, 1.82) is 0 Å². The van der Waals surface area contributed by atoms with Crippen LogP contribution in [0.3, 0.4) is 0 Å². The summed E-state index contributed by atoms with van der Waals surface area (Å²) in [7, 11) is 1.94. The van der Waals surface area contributed by atoms with Crippen LogP contribution in [-0.4, -0.2) is 28.5 Å². The van der Waals surface area contributed by atoms with Crippen LogP contribution in [0.15, 0.2) is 24.3 Å². The van der Waals surface area contributed by atoms with Crippen molar-refractivity contribution in [2.45, 2.75) is 20.4 Å². The fourth-order valence-corrected chi connectivity index (χ4v) is 2.02. The van der Waals surface area contributed by atoms with Crippen molar-refractivity contribution in [3.63, 3.8) is 0 Å². The maximum absolute atomic E-state index is 5.94. The van der Waals surface area contributed by atoms with Gasteiger partial charge in [-0.3, -0.25) is 0 Å². The van der Waals surface area contributed by atoms with Gasteiger partial charge in [0.15, 0.2) is 0 Å². The number of halogens is 1. The van der Waals surface area contributed by atoms with E-state index in [0.29, 0.717) is 11.9 Å². The summed E-state index contributed by atoms with van der Waals surface area (Å²) in [6, 6.07) is 8.25. The second-order valence-electron chi connectivity index (χ2n) is 4.54. The van der Waals surface area contributed by atoms with Crippen LogP contribution in [0.5, 0.6) is 0 Å². The lowest BCUT2D eigenvalue weighted by atomic mass is 10.1. The number of rotatable bonds is 5. The molecule has 0 aliphatic rings. The maximum Gasteiger partial charge on any atom is 0.231 e. The van der Waals surface area contributed by atoms with Gasteiger partial charge in [-0.25, -0.2) is 0 Å². The van der Waals surface area contributed by atoms with Crippen LogP contribution < -0.4 is 10.2 Å². The molecular formula is C14H18ClN5. The minimum atomic E-state index is 0.197. The Morgan fingerprint density at radius 1 is 1.20 bits per heavy atom. The number of hydrogen-bond donors (Lipinski definition) is 1. The summed E-state index contributed by atoms with van der Waals surface area (Å²) in [5, 5.41) is 3.24. The molecule has 0 saturated carbocycles. The SMILES string of the molecule is CCNc1nc(Cl)nc(N(C)Cc2ccccc2C)n1. The number of anilines is 2. The van der Waals surface area contributed by atoms with Crippen LogP contribution in [0.4, 0.5) is 11.9 Å². The van der Waals surface area contributed by atoms with E-state index in [9.17, 15) is 0 Å². The van der Waals surface area contributed by atoms with Crippen molar-refractivity contribution < 1.29 is 0 Å². The van der Waals surface area contributed by atoms with Crippen LogP contribution >= 0.6 is 11.6 Å². The maximum atomic E-state index is 5.94. The van der Waals surface area contributed by atoms with Gasteiger partial charge in [0.25, 0.3) is 0 Å². The molecule has 2 aromatic rings. The second kappa shape index (κ2) is 6.52. The molecule has 0 aliphatic carbocycles. The fourth-order valence-electron chi connectivity index (χ4n) is 1.86. The third-order valence-corrected chi connectivity index (χ3v) is 3.11. The lowest BCUT2D eigenvalue weighted by molar-refractivity contribution is 0.847. The van der Waals surface area contributed by atoms with Gasteiger partial charge in [0, 0.05) is 20.1 Å². The number of aryl methyl sites for hydroxylation is 1. The average molecular weight is 292 g/mol. The zero-order chi connectivity index (χ0) is 14.5. The predicted molar refractivity (Wildman–Crippen MR) is 82.3 cm³/mol. The molecule has 106 valence electrons. The molecule has 0 spiro atoms. The highest BCUT2D eigenvalue weighted by Crippen LogP contribution is 2.16. The van der Waals surface area contributed by atoms with Crippen molar-refractivity contribution in [3.05, 3.63) is 40.7 Å². The second-order valence-corrected chi connectivity index (χ2v) is 4.88. The Morgan fingerprint density at radius 2 is 1.95 bits per heavy atom. The molecule has 5 nitrogen and oxygen atoms in total. The van der Waals surface area contributed by atoms with Crippen molar-refractivity contribution in [2.24, 2.45) is 0 Å². The first kappa shape index (κ1) is 14.5. The Morgan fingerprint density at radius 3 is 2.65 bits per heavy atom. The summed E-state index contributed by atoms with van der Waals surface area (Å²) in [6.07, 6.45) is 0. The summed E-state index contributed by atoms with van der Waals surface area (Å²) in [5.41, 5.74) is 2.47. The molecule has 0 radical (unpaired) electrons. The van der Waals surface area contributed by atoms with Crippen LogP contribution in [0.25, 0.3) is 0 Å². The zero-order valence-corrected chi connectivity index (χ0v) is 12.6. The first-order chi connectivity index (χ1) is 9.60. The number of benzene rings is 1. The fraction of sp³-hybridized carbons (Fsp3) is 0.357. The molecule has 0 atom stereocenters. The Labute approximate surface area is 124 Å². The molecule has 0 bridgehead atoms. The number of hydrogen-bond acceptors (Lipinski definition) is 5. The number of nitrogens with zero attached hydrogens (tertiary/aromatic N) is 4. The molecule has 1 aromatic carbocycles. The smallest absolute Gasteiger partial charge is 0.231 e. The van der Waals surface area contributed by atoms with Crippen LogP contribution in [0, 0.1) is 6.92 Å². The number of nitrogens with one attached hydrogen (secondary N) is 1. The van der Waals surface area contributed by atoms with Gasteiger partial charge in [0.2, 0.25) is 17.2 Å². The van der Waals surface area contributed by atoms with E-state index in [2.05, 4.69) is 39.3 Å². The Kier molecular flexibility index (Phi) is 4.74. The minimum absolute atomic E-state index is 0.197. The van der Waals surface area contributed by atoms with Gasteiger partial charge in [-0.2, -0.15) is 15.0 Å². The van der Waals surface area contributed by atoms with Gasteiger partial charge >= 0.3 is 0 Å². The normalized spacial score (nSPS) is 10.4. The number of aromatic nitrogens is 3. The molecule has 0 unspecified atom stereocenters. The van der Waals surface area contributed by atoms with E-state index in [4.69, 9.17) is 11.6 Å². The van der Waals surface area contributed by atoms with E-state index in [1.807, 2.05) is 31.0 Å². The molecule has 2 rings (SSSR count). The Balaban J connectivity index is 2.20. The molecular weight excluding hydrogens is 274 g/mol. The molecule has 1 heterocycles. The summed E-state index contributed by atoms with van der Waals surface area (Å²) < 4.78 is 0. The van der Waals surface area contributed by atoms with Crippen LogP contribution in [-0.2, 0) is 6.54 Å². The summed E-state index contributed by atoms with van der Waals surface area (Å²) in [4.78, 5) is 14.5. The quantitative estimate of drug-likeness (QED) is 0.918. The average Bonchev–Trinajstić information content (AvgIpc) is 2.41. The highest BCUT2D eigenvalue weighted by atomic mass is 35.5. The molecule has 1 aromatic heterocycles. The van der Waals surface area contributed by atoms with E-state index < -0.39 is 0 Å². The third kappa shape index (κ3) is 3.57. The molecule has 0 fully saturated rings. The highest BCUT2D eigenvalue weighted by Gasteiger charge is 2.10. The van der Waals surface area contributed by atoms with Gasteiger partial charge < -0.3 is 10.2 Å². The molecule has 0 aliphatic heterocycles. The van der Waals surface area contributed by atoms with Gasteiger partial charge in [0.1, 0.15) is 0 Å². The Bertz CT molecular complexity index is 588. The van der Waals surface area contributed by atoms with Crippen molar-refractivity contribution >= 4 is 23.5 Å². The van der Waals surface area contributed by atoms with E-state index in [1.165, 1.54) is 11.1 Å². The largest absolute Gasteiger partial charge is 0.354 e. The van der Waals surface area contributed by atoms with Crippen molar-refractivity contribution in [1.82, 2.24) is 15.0 Å². The summed E-state index contributed by atoms with van der Waals surface area (Å²) in [5.74, 6) is 1.06.